The van der Waals surface area contributed by atoms with Gasteiger partial charge in [0.2, 0.25) is 0 Å². The van der Waals surface area contributed by atoms with Crippen LogP contribution in [0.1, 0.15) is 21.5 Å². The summed E-state index contributed by atoms with van der Waals surface area (Å²) in [6.07, 6.45) is 1.41. The van der Waals surface area contributed by atoms with Gasteiger partial charge in [0, 0.05) is 0 Å². The van der Waals surface area contributed by atoms with Gasteiger partial charge in [0.25, 0.3) is 11.8 Å². The molecule has 8 nitrogen and oxygen atoms in total. The molecule has 1 heterocycles. The van der Waals surface area contributed by atoms with Gasteiger partial charge in [0.05, 0.1) is 17.1 Å². The van der Waals surface area contributed by atoms with Crippen molar-refractivity contribution in [3.8, 4) is 11.5 Å². The second kappa shape index (κ2) is 9.06. The highest BCUT2D eigenvalue weighted by atomic mass is 79.9. The third kappa shape index (κ3) is 4.84. The van der Waals surface area contributed by atoms with Crippen molar-refractivity contribution in [1.82, 2.24) is 10.6 Å². The molecule has 1 aliphatic heterocycles. The minimum absolute atomic E-state index is 0.0407. The van der Waals surface area contributed by atoms with E-state index in [2.05, 4.69) is 26.6 Å². The Labute approximate surface area is 185 Å². The number of hydrogen-bond donors (Lipinski definition) is 3. The molecule has 0 unspecified atom stereocenters. The summed E-state index contributed by atoms with van der Waals surface area (Å²) < 4.78 is 11.8. The van der Waals surface area contributed by atoms with Crippen molar-refractivity contribution in [2.24, 2.45) is 0 Å². The van der Waals surface area contributed by atoms with E-state index in [4.69, 9.17) is 26.8 Å². The Morgan fingerprint density at radius 1 is 1.17 bits per heavy atom. The maximum Gasteiger partial charge on any atom is 0.335 e. The number of carboxylic acid groups (broad SMARTS) is 1. The van der Waals surface area contributed by atoms with Gasteiger partial charge in [0.15, 0.2) is 16.6 Å². The summed E-state index contributed by atoms with van der Waals surface area (Å²) >= 11 is 8.19. The minimum atomic E-state index is -1.00. The van der Waals surface area contributed by atoms with Crippen LogP contribution in [-0.2, 0) is 16.2 Å². The number of methoxy groups -OCH3 is 1. The first-order chi connectivity index (χ1) is 14.3. The number of carbonyl (C=O) groups excluding carboxylic acids is 2. The number of thiocarbonyl (C=S) groups is 1. The van der Waals surface area contributed by atoms with Gasteiger partial charge in [0.1, 0.15) is 12.2 Å². The number of amides is 2. The van der Waals surface area contributed by atoms with Crippen LogP contribution in [0.5, 0.6) is 11.5 Å². The fraction of sp³-hybridized carbons (Fsp3) is 0.100. The number of halogens is 1. The number of carboxylic acids is 1. The monoisotopic (exact) mass is 490 g/mol. The summed E-state index contributed by atoms with van der Waals surface area (Å²) in [5, 5.41) is 13.7. The summed E-state index contributed by atoms with van der Waals surface area (Å²) in [5.74, 6) is -1.39. The maximum absolute atomic E-state index is 12.0. The predicted molar refractivity (Wildman–Crippen MR) is 115 cm³/mol. The van der Waals surface area contributed by atoms with Gasteiger partial charge in [-0.15, -0.1) is 0 Å². The minimum Gasteiger partial charge on any atom is -0.493 e. The van der Waals surface area contributed by atoms with Crippen molar-refractivity contribution in [2.45, 2.75) is 6.61 Å². The number of rotatable bonds is 6. The Morgan fingerprint density at radius 3 is 2.37 bits per heavy atom. The second-order valence-corrected chi connectivity index (χ2v) is 7.38. The third-order valence-corrected chi connectivity index (χ3v) is 4.88. The molecule has 2 amide bonds. The molecule has 0 bridgehead atoms. The summed E-state index contributed by atoms with van der Waals surface area (Å²) in [6, 6.07) is 9.60. The number of ether oxygens (including phenoxy) is 2. The average molecular weight is 491 g/mol. The van der Waals surface area contributed by atoms with Crippen LogP contribution in [-0.4, -0.2) is 35.1 Å². The fourth-order valence-corrected chi connectivity index (χ4v) is 3.39. The number of carbonyl (C=O) groups is 3. The first kappa shape index (κ1) is 21.5. The lowest BCUT2D eigenvalue weighted by Gasteiger charge is -2.17. The topological polar surface area (TPSA) is 114 Å². The number of hydrogen-bond acceptors (Lipinski definition) is 6. The SMILES string of the molecule is COc1cc(C=C2C(=O)NC(=S)NC2=O)cc(Br)c1OCc1ccc(C(=O)O)cc1. The van der Waals surface area contributed by atoms with Crippen LogP contribution in [0, 0.1) is 0 Å². The van der Waals surface area contributed by atoms with Crippen molar-refractivity contribution in [3.63, 3.8) is 0 Å². The number of aromatic carboxylic acids is 1. The van der Waals surface area contributed by atoms with Crippen LogP contribution in [0.2, 0.25) is 0 Å². The van der Waals surface area contributed by atoms with E-state index in [1.807, 2.05) is 0 Å². The Bertz CT molecular complexity index is 1060. The normalized spacial score (nSPS) is 13.4. The molecule has 3 rings (SSSR count). The molecule has 0 spiro atoms. The highest BCUT2D eigenvalue weighted by Crippen LogP contribution is 2.37. The van der Waals surface area contributed by atoms with Gasteiger partial charge < -0.3 is 14.6 Å². The summed E-state index contributed by atoms with van der Waals surface area (Å²) in [4.78, 5) is 35.0. The van der Waals surface area contributed by atoms with Crippen LogP contribution in [0.15, 0.2) is 46.4 Å². The molecule has 1 fully saturated rings. The number of benzene rings is 2. The van der Waals surface area contributed by atoms with Crippen molar-refractivity contribution < 1.29 is 29.0 Å². The van der Waals surface area contributed by atoms with E-state index < -0.39 is 17.8 Å². The molecule has 2 aromatic carbocycles. The highest BCUT2D eigenvalue weighted by molar-refractivity contribution is 9.10. The van der Waals surface area contributed by atoms with Gasteiger partial charge in [-0.3, -0.25) is 20.2 Å². The fourth-order valence-electron chi connectivity index (χ4n) is 2.64. The molecule has 0 atom stereocenters. The standard InChI is InChI=1S/C20H15BrN2O6S/c1-28-15-8-11(6-13-17(24)22-20(30)23-18(13)25)7-14(21)16(15)29-9-10-2-4-12(5-3-10)19(26)27/h2-8H,9H2,1H3,(H,26,27)(H2,22,23,24,25,30). The molecule has 1 saturated heterocycles. The summed E-state index contributed by atoms with van der Waals surface area (Å²) in [7, 11) is 1.46. The lowest BCUT2D eigenvalue weighted by Crippen LogP contribution is -2.51. The summed E-state index contributed by atoms with van der Waals surface area (Å²) in [5.41, 5.74) is 1.40. The lowest BCUT2D eigenvalue weighted by atomic mass is 10.1. The smallest absolute Gasteiger partial charge is 0.335 e. The largest absolute Gasteiger partial charge is 0.493 e. The first-order valence-corrected chi connectivity index (χ1v) is 9.69. The quantitative estimate of drug-likeness (QED) is 0.324. The Hall–Kier alpha value is -3.24. The molecule has 0 aromatic heterocycles. The molecule has 0 radical (unpaired) electrons. The van der Waals surface area contributed by atoms with Crippen LogP contribution < -0.4 is 20.1 Å². The average Bonchev–Trinajstić information content (AvgIpc) is 2.69. The molecule has 1 aliphatic rings. The molecular weight excluding hydrogens is 476 g/mol. The van der Waals surface area contributed by atoms with Gasteiger partial charge in [-0.1, -0.05) is 12.1 Å². The molecule has 0 saturated carbocycles. The maximum atomic E-state index is 12.0. The zero-order valence-corrected chi connectivity index (χ0v) is 17.9. The van der Waals surface area contributed by atoms with E-state index in [1.54, 1.807) is 24.3 Å². The van der Waals surface area contributed by atoms with E-state index in [9.17, 15) is 14.4 Å². The molecule has 2 aromatic rings. The van der Waals surface area contributed by atoms with E-state index in [0.29, 0.717) is 21.5 Å². The Morgan fingerprint density at radius 2 is 1.80 bits per heavy atom. The molecular formula is C20H15BrN2O6S. The zero-order chi connectivity index (χ0) is 21.8. The van der Waals surface area contributed by atoms with E-state index >= 15 is 0 Å². The van der Waals surface area contributed by atoms with Gasteiger partial charge in [-0.25, -0.2) is 4.79 Å². The highest BCUT2D eigenvalue weighted by Gasteiger charge is 2.26. The van der Waals surface area contributed by atoms with Gasteiger partial charge in [-0.05, 0) is 69.6 Å². The van der Waals surface area contributed by atoms with E-state index in [1.165, 1.54) is 25.3 Å². The third-order valence-electron chi connectivity index (χ3n) is 4.09. The van der Waals surface area contributed by atoms with E-state index in [0.717, 1.165) is 5.56 Å². The Balaban J connectivity index is 1.83. The van der Waals surface area contributed by atoms with E-state index in [-0.39, 0.29) is 22.9 Å². The molecule has 0 aliphatic carbocycles. The predicted octanol–water partition coefficient (Wildman–Crippen LogP) is 2.65. The van der Waals surface area contributed by atoms with Crippen molar-refractivity contribution >= 4 is 57.1 Å². The van der Waals surface area contributed by atoms with Gasteiger partial charge in [-0.2, -0.15) is 0 Å². The Kier molecular flexibility index (Phi) is 6.48. The van der Waals surface area contributed by atoms with Crippen LogP contribution in [0.25, 0.3) is 6.08 Å². The summed E-state index contributed by atoms with van der Waals surface area (Å²) in [6.45, 7) is 0.178. The molecule has 10 heteroatoms. The molecule has 30 heavy (non-hydrogen) atoms. The van der Waals surface area contributed by atoms with Crippen molar-refractivity contribution in [1.29, 1.82) is 0 Å². The van der Waals surface area contributed by atoms with Crippen LogP contribution in [0.4, 0.5) is 0 Å². The molecule has 3 N–H and O–H groups in total. The van der Waals surface area contributed by atoms with Crippen molar-refractivity contribution in [3.05, 3.63) is 63.1 Å². The van der Waals surface area contributed by atoms with Crippen molar-refractivity contribution in [2.75, 3.05) is 7.11 Å². The lowest BCUT2D eigenvalue weighted by molar-refractivity contribution is -0.123. The number of nitrogens with one attached hydrogen (secondary N) is 2. The molecule has 154 valence electrons. The second-order valence-electron chi connectivity index (χ2n) is 6.12. The van der Waals surface area contributed by atoms with Gasteiger partial charge >= 0.3 is 5.97 Å². The first-order valence-electron chi connectivity index (χ1n) is 8.49. The van der Waals surface area contributed by atoms with Crippen LogP contribution in [0.3, 0.4) is 0 Å². The zero-order valence-electron chi connectivity index (χ0n) is 15.5. The van der Waals surface area contributed by atoms with Crippen LogP contribution >= 0.6 is 28.1 Å².